The quantitative estimate of drug-likeness (QED) is 0.820. The van der Waals surface area contributed by atoms with Gasteiger partial charge in [-0.25, -0.2) is 9.59 Å². The number of nitrogens with zero attached hydrogens (tertiary/aromatic N) is 3. The summed E-state index contributed by atoms with van der Waals surface area (Å²) in [6.07, 6.45) is 2.48. The molecule has 2 saturated heterocycles. The summed E-state index contributed by atoms with van der Waals surface area (Å²) in [6.45, 7) is 3.76. The lowest BCUT2D eigenvalue weighted by Crippen LogP contribution is -2.48. The standard InChI is InChI=1S/C12H21N3O3S/c1-13(6-7-14-4-2-3-5-14)12(18)15-9-19-8-10(15)11(16)17/h10H,2-9H2,1H3,(H,16,17)/t10-/m0/s1. The van der Waals surface area contributed by atoms with Gasteiger partial charge in [-0.2, -0.15) is 0 Å². The van der Waals surface area contributed by atoms with Crippen LogP contribution in [0.1, 0.15) is 12.8 Å². The van der Waals surface area contributed by atoms with Crippen LogP contribution in [0.15, 0.2) is 0 Å². The SMILES string of the molecule is CN(CCN1CCCC1)C(=O)N1CSC[C@H]1C(=O)O. The maximum Gasteiger partial charge on any atom is 0.327 e. The van der Waals surface area contributed by atoms with E-state index in [1.54, 1.807) is 11.9 Å². The average molecular weight is 287 g/mol. The van der Waals surface area contributed by atoms with Crippen molar-refractivity contribution in [3.8, 4) is 0 Å². The molecule has 0 saturated carbocycles. The Kier molecular flexibility index (Phi) is 4.93. The normalized spacial score (nSPS) is 23.8. The van der Waals surface area contributed by atoms with Crippen LogP contribution in [0.3, 0.4) is 0 Å². The number of thioether (sulfide) groups is 1. The third-order valence-electron chi connectivity index (χ3n) is 3.69. The Morgan fingerprint density at radius 1 is 1.37 bits per heavy atom. The predicted molar refractivity (Wildman–Crippen MR) is 74.3 cm³/mol. The van der Waals surface area contributed by atoms with E-state index in [1.165, 1.54) is 29.5 Å². The molecule has 2 aliphatic rings. The fourth-order valence-corrected chi connectivity index (χ4v) is 3.59. The Labute approximate surface area is 117 Å². The number of carbonyl (C=O) groups excluding carboxylic acids is 1. The molecule has 1 atom stereocenters. The Balaban J connectivity index is 1.82. The molecule has 19 heavy (non-hydrogen) atoms. The van der Waals surface area contributed by atoms with Gasteiger partial charge in [0.2, 0.25) is 0 Å². The van der Waals surface area contributed by atoms with Gasteiger partial charge in [0.25, 0.3) is 0 Å². The highest BCUT2D eigenvalue weighted by Crippen LogP contribution is 2.22. The minimum Gasteiger partial charge on any atom is -0.480 e. The number of likely N-dealkylation sites (tertiary alicyclic amines) is 1. The number of carboxylic acids is 1. The van der Waals surface area contributed by atoms with E-state index in [0.29, 0.717) is 18.2 Å². The predicted octanol–water partition coefficient (Wildman–Crippen LogP) is 0.593. The Morgan fingerprint density at radius 2 is 2.05 bits per heavy atom. The van der Waals surface area contributed by atoms with E-state index in [4.69, 9.17) is 5.11 Å². The van der Waals surface area contributed by atoms with E-state index in [9.17, 15) is 9.59 Å². The van der Waals surface area contributed by atoms with Gasteiger partial charge in [-0.15, -0.1) is 11.8 Å². The summed E-state index contributed by atoms with van der Waals surface area (Å²) in [5.74, 6) is 0.0523. The van der Waals surface area contributed by atoms with Crippen molar-refractivity contribution in [1.29, 1.82) is 0 Å². The highest BCUT2D eigenvalue weighted by Gasteiger charge is 2.35. The van der Waals surface area contributed by atoms with Gasteiger partial charge < -0.3 is 19.8 Å². The average Bonchev–Trinajstić information content (AvgIpc) is 3.05. The minimum atomic E-state index is -0.911. The first-order chi connectivity index (χ1) is 9.09. The van der Waals surface area contributed by atoms with Crippen LogP contribution in [0, 0.1) is 0 Å². The van der Waals surface area contributed by atoms with Crippen LogP contribution in [-0.4, -0.2) is 82.7 Å². The molecule has 2 amide bonds. The van der Waals surface area contributed by atoms with E-state index < -0.39 is 12.0 Å². The summed E-state index contributed by atoms with van der Waals surface area (Å²) in [6, 6.07) is -0.844. The molecule has 0 aliphatic carbocycles. The van der Waals surface area contributed by atoms with Crippen molar-refractivity contribution in [1.82, 2.24) is 14.7 Å². The van der Waals surface area contributed by atoms with E-state index in [2.05, 4.69) is 4.90 Å². The topological polar surface area (TPSA) is 64.1 Å². The molecule has 0 aromatic heterocycles. The number of carboxylic acid groups (broad SMARTS) is 1. The first kappa shape index (κ1) is 14.5. The monoisotopic (exact) mass is 287 g/mol. The number of aliphatic carboxylic acids is 1. The van der Waals surface area contributed by atoms with Crippen molar-refractivity contribution in [2.24, 2.45) is 0 Å². The minimum absolute atomic E-state index is 0.170. The van der Waals surface area contributed by atoms with Crippen molar-refractivity contribution in [3.63, 3.8) is 0 Å². The first-order valence-electron chi connectivity index (χ1n) is 6.64. The van der Waals surface area contributed by atoms with Crippen molar-refractivity contribution in [2.75, 3.05) is 44.9 Å². The second-order valence-corrected chi connectivity index (χ2v) is 6.08. The smallest absolute Gasteiger partial charge is 0.327 e. The Hall–Kier alpha value is -0.950. The summed E-state index contributed by atoms with van der Waals surface area (Å²) < 4.78 is 0. The van der Waals surface area contributed by atoms with E-state index in [-0.39, 0.29) is 6.03 Å². The number of rotatable bonds is 4. The highest BCUT2D eigenvalue weighted by molar-refractivity contribution is 7.99. The fraction of sp³-hybridized carbons (Fsp3) is 0.833. The van der Waals surface area contributed by atoms with Crippen LogP contribution in [0.4, 0.5) is 4.79 Å². The van der Waals surface area contributed by atoms with Crippen LogP contribution in [0.5, 0.6) is 0 Å². The molecule has 108 valence electrons. The summed E-state index contributed by atoms with van der Waals surface area (Å²) >= 11 is 1.49. The van der Waals surface area contributed by atoms with Gasteiger partial charge in [0.1, 0.15) is 6.04 Å². The Bertz CT molecular complexity index is 347. The lowest BCUT2D eigenvalue weighted by molar-refractivity contribution is -0.140. The molecule has 0 aromatic carbocycles. The summed E-state index contributed by atoms with van der Waals surface area (Å²) in [5.41, 5.74) is 0. The molecule has 0 bridgehead atoms. The molecule has 0 unspecified atom stereocenters. The molecular weight excluding hydrogens is 266 g/mol. The highest BCUT2D eigenvalue weighted by atomic mass is 32.2. The lowest BCUT2D eigenvalue weighted by Gasteiger charge is -2.28. The van der Waals surface area contributed by atoms with Crippen LogP contribution >= 0.6 is 11.8 Å². The molecule has 0 radical (unpaired) electrons. The van der Waals surface area contributed by atoms with Crippen LogP contribution in [-0.2, 0) is 4.79 Å². The maximum atomic E-state index is 12.2. The van der Waals surface area contributed by atoms with E-state index in [0.717, 1.165) is 19.6 Å². The van der Waals surface area contributed by atoms with Gasteiger partial charge in [-0.3, -0.25) is 0 Å². The van der Waals surface area contributed by atoms with Gasteiger partial charge in [-0.05, 0) is 25.9 Å². The van der Waals surface area contributed by atoms with Crippen molar-refractivity contribution < 1.29 is 14.7 Å². The summed E-state index contributed by atoms with van der Waals surface area (Å²) in [7, 11) is 1.75. The van der Waals surface area contributed by atoms with Crippen LogP contribution < -0.4 is 0 Å². The van der Waals surface area contributed by atoms with E-state index in [1.807, 2.05) is 0 Å². The van der Waals surface area contributed by atoms with Gasteiger partial charge in [0, 0.05) is 25.9 Å². The number of hydrogen-bond donors (Lipinski definition) is 1. The maximum absolute atomic E-state index is 12.2. The summed E-state index contributed by atoms with van der Waals surface area (Å²) in [5, 5.41) is 9.08. The zero-order valence-electron chi connectivity index (χ0n) is 11.2. The number of hydrogen-bond acceptors (Lipinski definition) is 4. The molecule has 0 aromatic rings. The summed E-state index contributed by atoms with van der Waals surface area (Å²) in [4.78, 5) is 28.7. The third kappa shape index (κ3) is 3.54. The van der Waals surface area contributed by atoms with Crippen LogP contribution in [0.2, 0.25) is 0 Å². The van der Waals surface area contributed by atoms with E-state index >= 15 is 0 Å². The van der Waals surface area contributed by atoms with Crippen LogP contribution in [0.25, 0.3) is 0 Å². The molecule has 2 rings (SSSR count). The fourth-order valence-electron chi connectivity index (χ4n) is 2.45. The van der Waals surface area contributed by atoms with Crippen molar-refractivity contribution in [3.05, 3.63) is 0 Å². The molecule has 2 heterocycles. The third-order valence-corrected chi connectivity index (χ3v) is 4.70. The van der Waals surface area contributed by atoms with Crippen molar-refractivity contribution >= 4 is 23.8 Å². The van der Waals surface area contributed by atoms with Crippen molar-refractivity contribution in [2.45, 2.75) is 18.9 Å². The number of amides is 2. The Morgan fingerprint density at radius 3 is 2.68 bits per heavy atom. The number of likely N-dealkylation sites (N-methyl/N-ethyl adjacent to an activating group) is 1. The van der Waals surface area contributed by atoms with Gasteiger partial charge in [0.15, 0.2) is 0 Å². The lowest BCUT2D eigenvalue weighted by atomic mass is 10.3. The number of carbonyl (C=O) groups is 2. The zero-order valence-corrected chi connectivity index (χ0v) is 12.1. The zero-order chi connectivity index (χ0) is 13.8. The molecule has 7 heteroatoms. The van der Waals surface area contributed by atoms with Gasteiger partial charge >= 0.3 is 12.0 Å². The number of urea groups is 1. The molecule has 2 fully saturated rings. The molecule has 0 spiro atoms. The van der Waals surface area contributed by atoms with Gasteiger partial charge in [0.05, 0.1) is 5.88 Å². The molecular formula is C12H21N3O3S. The second kappa shape index (κ2) is 6.47. The largest absolute Gasteiger partial charge is 0.480 e. The molecule has 1 N–H and O–H groups in total. The second-order valence-electron chi connectivity index (χ2n) is 5.08. The first-order valence-corrected chi connectivity index (χ1v) is 7.79. The molecule has 2 aliphatic heterocycles. The molecule has 6 nitrogen and oxygen atoms in total. The van der Waals surface area contributed by atoms with Gasteiger partial charge in [-0.1, -0.05) is 0 Å².